The summed E-state index contributed by atoms with van der Waals surface area (Å²) in [4.78, 5) is 12.2. The van der Waals surface area contributed by atoms with E-state index in [-0.39, 0.29) is 5.91 Å². The molecule has 0 radical (unpaired) electrons. The Kier molecular flexibility index (Phi) is 5.78. The van der Waals surface area contributed by atoms with Crippen molar-refractivity contribution < 1.29 is 4.79 Å². The number of amides is 1. The lowest BCUT2D eigenvalue weighted by Crippen LogP contribution is -2.17. The molecule has 3 aromatic rings. The molecule has 1 amide bonds. The molecule has 0 aliphatic rings. The first-order chi connectivity index (χ1) is 13.4. The zero-order chi connectivity index (χ0) is 20.3. The third kappa shape index (κ3) is 3.91. The number of nitrogens with one attached hydrogen (secondary N) is 1. The van der Waals surface area contributed by atoms with Crippen molar-refractivity contribution in [1.29, 1.82) is 0 Å². The van der Waals surface area contributed by atoms with Gasteiger partial charge in [0.25, 0.3) is 5.91 Å². The van der Waals surface area contributed by atoms with E-state index in [1.54, 1.807) is 18.3 Å². The fraction of sp³-hybridized carbons (Fsp3) is 0.250. The lowest BCUT2D eigenvalue weighted by Gasteiger charge is -2.17. The van der Waals surface area contributed by atoms with E-state index in [9.17, 15) is 4.79 Å². The summed E-state index contributed by atoms with van der Waals surface area (Å²) < 4.78 is 2.28. The predicted molar refractivity (Wildman–Crippen MR) is 116 cm³/mol. The maximum absolute atomic E-state index is 12.2. The number of nitrogens with zero attached hydrogens (tertiary/aromatic N) is 2. The van der Waals surface area contributed by atoms with Crippen molar-refractivity contribution in [2.45, 2.75) is 41.0 Å². The molecule has 1 aromatic heterocycles. The number of para-hydroxylation sites is 1. The summed E-state index contributed by atoms with van der Waals surface area (Å²) in [5.41, 5.74) is 11.4. The molecular weight excluding hydrogens is 346 g/mol. The lowest BCUT2D eigenvalue weighted by molar-refractivity contribution is 0.0955. The second-order valence-corrected chi connectivity index (χ2v) is 7.16. The fourth-order valence-electron chi connectivity index (χ4n) is 3.52. The van der Waals surface area contributed by atoms with Gasteiger partial charge in [-0.2, -0.15) is 5.10 Å². The monoisotopic (exact) mass is 373 g/mol. The minimum atomic E-state index is -0.211. The average Bonchev–Trinajstić information content (AvgIpc) is 2.95. The number of rotatable bonds is 5. The topological polar surface area (TPSA) is 46.4 Å². The quantitative estimate of drug-likeness (QED) is 0.494. The highest BCUT2D eigenvalue weighted by Gasteiger charge is 2.14. The van der Waals surface area contributed by atoms with Crippen molar-refractivity contribution in [3.8, 4) is 5.69 Å². The number of hydrogen-bond donors (Lipinski definition) is 1. The second-order valence-electron chi connectivity index (χ2n) is 7.16. The molecule has 1 heterocycles. The van der Waals surface area contributed by atoms with Crippen molar-refractivity contribution in [2.75, 3.05) is 0 Å². The van der Waals surface area contributed by atoms with Gasteiger partial charge in [-0.25, -0.2) is 5.43 Å². The van der Waals surface area contributed by atoms with Gasteiger partial charge in [0.05, 0.1) is 11.9 Å². The standard InChI is InChI=1S/C24H27N3O/c1-6-20-9-7-8-17(3)23(20)27-18(4)14-22(19(27)5)15-25-26-24(28)21-12-10-16(2)11-13-21/h7-15H,6H2,1-5H3,(H,26,28)/b25-15-. The molecule has 0 spiro atoms. The van der Waals surface area contributed by atoms with Crippen LogP contribution in [0.25, 0.3) is 5.69 Å². The molecule has 0 saturated carbocycles. The number of aryl methyl sites for hydroxylation is 4. The van der Waals surface area contributed by atoms with Crippen LogP contribution in [0.4, 0.5) is 0 Å². The fourth-order valence-corrected chi connectivity index (χ4v) is 3.52. The van der Waals surface area contributed by atoms with Crippen LogP contribution in [0.5, 0.6) is 0 Å². The molecule has 0 aliphatic carbocycles. The second kappa shape index (κ2) is 8.26. The van der Waals surface area contributed by atoms with E-state index in [0.29, 0.717) is 5.56 Å². The van der Waals surface area contributed by atoms with Crippen LogP contribution in [0.1, 0.15) is 50.9 Å². The Balaban J connectivity index is 1.85. The smallest absolute Gasteiger partial charge is 0.271 e. The summed E-state index contributed by atoms with van der Waals surface area (Å²) in [6.45, 7) is 10.5. The summed E-state index contributed by atoms with van der Waals surface area (Å²) in [5, 5.41) is 4.18. The number of hydrogen-bond acceptors (Lipinski definition) is 2. The highest BCUT2D eigenvalue weighted by atomic mass is 16.2. The maximum Gasteiger partial charge on any atom is 0.271 e. The molecule has 0 unspecified atom stereocenters. The van der Waals surface area contributed by atoms with E-state index >= 15 is 0 Å². The molecule has 0 saturated heterocycles. The summed E-state index contributed by atoms with van der Waals surface area (Å²) in [6.07, 6.45) is 2.69. The number of hydrazone groups is 1. The van der Waals surface area contributed by atoms with Crippen molar-refractivity contribution in [3.05, 3.63) is 87.7 Å². The van der Waals surface area contributed by atoms with Crippen LogP contribution >= 0.6 is 0 Å². The Morgan fingerprint density at radius 1 is 1.07 bits per heavy atom. The van der Waals surface area contributed by atoms with Crippen molar-refractivity contribution in [2.24, 2.45) is 5.10 Å². The van der Waals surface area contributed by atoms with E-state index in [1.165, 1.54) is 16.8 Å². The van der Waals surface area contributed by atoms with E-state index in [0.717, 1.165) is 28.9 Å². The molecular formula is C24H27N3O. The van der Waals surface area contributed by atoms with Crippen LogP contribution in [0.15, 0.2) is 53.6 Å². The van der Waals surface area contributed by atoms with Gasteiger partial charge >= 0.3 is 0 Å². The summed E-state index contributed by atoms with van der Waals surface area (Å²) >= 11 is 0. The zero-order valence-corrected chi connectivity index (χ0v) is 17.2. The van der Waals surface area contributed by atoms with Crippen molar-refractivity contribution >= 4 is 12.1 Å². The first-order valence-corrected chi connectivity index (χ1v) is 9.60. The summed E-state index contributed by atoms with van der Waals surface area (Å²) in [7, 11) is 0. The van der Waals surface area contributed by atoms with Gasteiger partial charge in [-0.3, -0.25) is 4.79 Å². The molecule has 0 aliphatic heterocycles. The van der Waals surface area contributed by atoms with Gasteiger partial charge in [0.15, 0.2) is 0 Å². The first kappa shape index (κ1) is 19.6. The number of aromatic nitrogens is 1. The molecule has 2 aromatic carbocycles. The molecule has 1 N–H and O–H groups in total. The molecule has 4 nitrogen and oxygen atoms in total. The molecule has 0 fully saturated rings. The summed E-state index contributed by atoms with van der Waals surface area (Å²) in [6, 6.07) is 16.0. The molecule has 144 valence electrons. The van der Waals surface area contributed by atoms with Crippen molar-refractivity contribution in [1.82, 2.24) is 9.99 Å². The largest absolute Gasteiger partial charge is 0.317 e. The van der Waals surface area contributed by atoms with Crippen LogP contribution < -0.4 is 5.43 Å². The zero-order valence-electron chi connectivity index (χ0n) is 17.2. The Morgan fingerprint density at radius 3 is 2.46 bits per heavy atom. The van der Waals surface area contributed by atoms with Gasteiger partial charge in [0.2, 0.25) is 0 Å². The lowest BCUT2D eigenvalue weighted by atomic mass is 10.1. The van der Waals surface area contributed by atoms with E-state index in [1.807, 2.05) is 19.1 Å². The highest BCUT2D eigenvalue weighted by molar-refractivity contribution is 5.95. The Hall–Kier alpha value is -3.14. The Bertz CT molecular complexity index is 1030. The third-order valence-corrected chi connectivity index (χ3v) is 5.08. The van der Waals surface area contributed by atoms with Crippen LogP contribution in [0.2, 0.25) is 0 Å². The highest BCUT2D eigenvalue weighted by Crippen LogP contribution is 2.26. The first-order valence-electron chi connectivity index (χ1n) is 9.60. The number of carbonyl (C=O) groups is 1. The van der Waals surface area contributed by atoms with Gasteiger partial charge in [0.1, 0.15) is 0 Å². The minimum Gasteiger partial charge on any atom is -0.317 e. The minimum absolute atomic E-state index is 0.211. The SMILES string of the molecule is CCc1cccc(C)c1-n1c(C)cc(/C=N\NC(=O)c2ccc(C)cc2)c1C. The predicted octanol–water partition coefficient (Wildman–Crippen LogP) is 5.04. The van der Waals surface area contributed by atoms with E-state index in [4.69, 9.17) is 0 Å². The normalized spacial score (nSPS) is 11.2. The van der Waals surface area contributed by atoms with E-state index < -0.39 is 0 Å². The molecule has 0 atom stereocenters. The maximum atomic E-state index is 12.2. The summed E-state index contributed by atoms with van der Waals surface area (Å²) in [5.74, 6) is -0.211. The third-order valence-electron chi connectivity index (χ3n) is 5.08. The van der Waals surface area contributed by atoms with Gasteiger partial charge in [-0.15, -0.1) is 0 Å². The van der Waals surface area contributed by atoms with Crippen LogP contribution in [-0.2, 0) is 6.42 Å². The van der Waals surface area contributed by atoms with Crippen LogP contribution in [0, 0.1) is 27.7 Å². The average molecular weight is 374 g/mol. The molecule has 4 heteroatoms. The van der Waals surface area contributed by atoms with Crippen LogP contribution in [-0.4, -0.2) is 16.7 Å². The van der Waals surface area contributed by atoms with E-state index in [2.05, 4.69) is 67.1 Å². The number of benzene rings is 2. The molecule has 28 heavy (non-hydrogen) atoms. The van der Waals surface area contributed by atoms with Gasteiger partial charge in [-0.05, 0) is 63.4 Å². The molecule has 0 bridgehead atoms. The van der Waals surface area contributed by atoms with Gasteiger partial charge in [-0.1, -0.05) is 42.8 Å². The Labute approximate surface area is 166 Å². The van der Waals surface area contributed by atoms with Gasteiger partial charge < -0.3 is 4.57 Å². The Morgan fingerprint density at radius 2 is 1.79 bits per heavy atom. The van der Waals surface area contributed by atoms with Crippen LogP contribution in [0.3, 0.4) is 0 Å². The number of carbonyl (C=O) groups excluding carboxylic acids is 1. The van der Waals surface area contributed by atoms with Crippen molar-refractivity contribution in [3.63, 3.8) is 0 Å². The molecule has 3 rings (SSSR count). The van der Waals surface area contributed by atoms with Gasteiger partial charge in [0, 0.05) is 22.5 Å².